The van der Waals surface area contributed by atoms with E-state index in [1.54, 1.807) is 25.1 Å². The second kappa shape index (κ2) is 6.79. The van der Waals surface area contributed by atoms with E-state index in [2.05, 4.69) is 32.5 Å². The number of rotatable bonds is 4. The van der Waals surface area contributed by atoms with Crippen molar-refractivity contribution in [2.24, 2.45) is 4.99 Å². The first kappa shape index (κ1) is 17.7. The minimum atomic E-state index is -3.61. The number of benzene rings is 2. The highest BCUT2D eigenvalue weighted by Crippen LogP contribution is 2.22. The molecule has 0 saturated heterocycles. The van der Waals surface area contributed by atoms with Gasteiger partial charge in [-0.3, -0.25) is 14.5 Å². The van der Waals surface area contributed by atoms with Crippen LogP contribution >= 0.6 is 0 Å². The van der Waals surface area contributed by atoms with Gasteiger partial charge in [0.2, 0.25) is 5.91 Å². The van der Waals surface area contributed by atoms with Crippen molar-refractivity contribution >= 4 is 21.8 Å². The third-order valence-electron chi connectivity index (χ3n) is 4.73. The maximum Gasteiger partial charge on any atom is 0.263 e. The third kappa shape index (κ3) is 3.45. The summed E-state index contributed by atoms with van der Waals surface area (Å²) in [4.78, 5) is 16.9. The number of carbonyl (C=O) groups excluding carboxylic acids is 1. The van der Waals surface area contributed by atoms with E-state index in [0.29, 0.717) is 12.1 Å². The van der Waals surface area contributed by atoms with Crippen LogP contribution in [0.15, 0.2) is 52.4 Å². The highest BCUT2D eigenvalue weighted by atomic mass is 32.2. The number of amides is 1. The number of nitrogens with one attached hydrogen (secondary N) is 3. The van der Waals surface area contributed by atoms with Crippen LogP contribution in [0.4, 0.5) is 0 Å². The van der Waals surface area contributed by atoms with Gasteiger partial charge in [-0.15, -0.1) is 0 Å². The van der Waals surface area contributed by atoms with Gasteiger partial charge in [0.25, 0.3) is 10.0 Å². The molecule has 0 saturated carbocycles. The van der Waals surface area contributed by atoms with Crippen LogP contribution in [0.25, 0.3) is 0 Å². The van der Waals surface area contributed by atoms with Gasteiger partial charge in [0.15, 0.2) is 0 Å². The summed E-state index contributed by atoms with van der Waals surface area (Å²) >= 11 is 0. The van der Waals surface area contributed by atoms with Crippen molar-refractivity contribution in [2.75, 3.05) is 0 Å². The molecule has 0 fully saturated rings. The van der Waals surface area contributed by atoms with Gasteiger partial charge in [0.1, 0.15) is 11.9 Å². The first-order valence-electron chi connectivity index (χ1n) is 8.73. The molecule has 1 unspecified atom stereocenters. The Balaban J connectivity index is 1.45. The van der Waals surface area contributed by atoms with Crippen LogP contribution in [0.5, 0.6) is 0 Å². The molecule has 1 atom stereocenters. The summed E-state index contributed by atoms with van der Waals surface area (Å²) in [5, 5.41) is 6.16. The molecule has 140 valence electrons. The van der Waals surface area contributed by atoms with Gasteiger partial charge >= 0.3 is 0 Å². The SMILES string of the molecule is CC(N=C1NS(=O)(=O)c2ccccc21)C(=O)NCc1ccc2c(c1)CNC2. The fraction of sp³-hybridized carbons (Fsp3) is 0.263. The first-order chi connectivity index (χ1) is 12.9. The van der Waals surface area contributed by atoms with Gasteiger partial charge in [-0.25, -0.2) is 8.42 Å². The number of aliphatic imine (C=N–C) groups is 1. The number of fused-ring (bicyclic) bond motifs is 2. The number of amidine groups is 1. The average molecular weight is 384 g/mol. The van der Waals surface area contributed by atoms with Crippen LogP contribution in [0.1, 0.15) is 29.2 Å². The van der Waals surface area contributed by atoms with Gasteiger partial charge in [0, 0.05) is 25.2 Å². The van der Waals surface area contributed by atoms with Crippen molar-refractivity contribution in [1.29, 1.82) is 0 Å². The number of sulfonamides is 1. The van der Waals surface area contributed by atoms with Crippen molar-refractivity contribution in [3.05, 3.63) is 64.7 Å². The van der Waals surface area contributed by atoms with Gasteiger partial charge in [0.05, 0.1) is 4.90 Å². The number of hydrogen-bond acceptors (Lipinski definition) is 5. The van der Waals surface area contributed by atoms with E-state index in [1.807, 2.05) is 6.07 Å². The number of nitrogens with zero attached hydrogens (tertiary/aromatic N) is 1. The molecule has 27 heavy (non-hydrogen) atoms. The fourth-order valence-electron chi connectivity index (χ4n) is 3.28. The molecule has 2 aromatic rings. The highest BCUT2D eigenvalue weighted by molar-refractivity contribution is 7.90. The van der Waals surface area contributed by atoms with Crippen molar-refractivity contribution in [2.45, 2.75) is 37.5 Å². The summed E-state index contributed by atoms with van der Waals surface area (Å²) in [6.45, 7) is 3.78. The molecular weight excluding hydrogens is 364 g/mol. The van der Waals surface area contributed by atoms with Crippen LogP contribution in [-0.2, 0) is 34.5 Å². The lowest BCUT2D eigenvalue weighted by molar-refractivity contribution is -0.122. The van der Waals surface area contributed by atoms with Crippen molar-refractivity contribution in [3.8, 4) is 0 Å². The molecule has 0 radical (unpaired) electrons. The molecule has 2 aliphatic heterocycles. The third-order valence-corrected chi connectivity index (χ3v) is 6.13. The molecule has 7 nitrogen and oxygen atoms in total. The number of carbonyl (C=O) groups is 1. The molecule has 2 aliphatic rings. The Hall–Kier alpha value is -2.71. The van der Waals surface area contributed by atoms with E-state index in [4.69, 9.17) is 0 Å². The minimum absolute atomic E-state index is 0.183. The minimum Gasteiger partial charge on any atom is -0.350 e. The molecule has 8 heteroatoms. The predicted octanol–water partition coefficient (Wildman–Crippen LogP) is 1.03. The topological polar surface area (TPSA) is 99.7 Å². The first-order valence-corrected chi connectivity index (χ1v) is 10.2. The number of hydrogen-bond donors (Lipinski definition) is 3. The summed E-state index contributed by atoms with van der Waals surface area (Å²) in [5.41, 5.74) is 4.06. The molecule has 4 rings (SSSR count). The standard InChI is InChI=1S/C19H20N4O3S/c1-12(22-18-16-4-2-3-5-17(16)27(25,26)23-18)19(24)21-9-13-6-7-14-10-20-11-15(14)8-13/h2-8,12,20H,9-11H2,1H3,(H,21,24)(H,22,23). The summed E-state index contributed by atoms with van der Waals surface area (Å²) in [5.74, 6) is -0.0541. The van der Waals surface area contributed by atoms with Gasteiger partial charge in [-0.1, -0.05) is 30.3 Å². The van der Waals surface area contributed by atoms with Crippen LogP contribution in [0, 0.1) is 0 Å². The molecule has 3 N–H and O–H groups in total. The normalized spacial score (nSPS) is 19.2. The Morgan fingerprint density at radius 2 is 1.96 bits per heavy atom. The van der Waals surface area contributed by atoms with Crippen LogP contribution < -0.4 is 15.4 Å². The molecule has 2 aromatic carbocycles. The smallest absolute Gasteiger partial charge is 0.263 e. The van der Waals surface area contributed by atoms with Crippen molar-refractivity contribution in [1.82, 2.24) is 15.4 Å². The molecule has 0 aromatic heterocycles. The summed E-state index contributed by atoms with van der Waals surface area (Å²) < 4.78 is 26.7. The van der Waals surface area contributed by atoms with Crippen LogP contribution in [0.3, 0.4) is 0 Å². The van der Waals surface area contributed by atoms with E-state index in [-0.39, 0.29) is 16.6 Å². The Morgan fingerprint density at radius 3 is 2.81 bits per heavy atom. The quantitative estimate of drug-likeness (QED) is 0.733. The van der Waals surface area contributed by atoms with E-state index in [9.17, 15) is 13.2 Å². The van der Waals surface area contributed by atoms with Crippen LogP contribution in [0.2, 0.25) is 0 Å². The Bertz CT molecular complexity index is 1050. The molecular formula is C19H20N4O3S. The molecule has 2 heterocycles. The second-order valence-corrected chi connectivity index (χ2v) is 8.33. The lowest BCUT2D eigenvalue weighted by Gasteiger charge is -2.10. The zero-order chi connectivity index (χ0) is 19.0. The lowest BCUT2D eigenvalue weighted by Crippen LogP contribution is -2.33. The molecule has 0 aliphatic carbocycles. The maximum atomic E-state index is 12.4. The Labute approximate surface area is 157 Å². The highest BCUT2D eigenvalue weighted by Gasteiger charge is 2.31. The van der Waals surface area contributed by atoms with E-state index in [1.165, 1.54) is 17.2 Å². The second-order valence-electron chi connectivity index (χ2n) is 6.68. The fourth-order valence-corrected chi connectivity index (χ4v) is 4.52. The Kier molecular flexibility index (Phi) is 4.45. The average Bonchev–Trinajstić information content (AvgIpc) is 3.22. The van der Waals surface area contributed by atoms with Gasteiger partial charge < -0.3 is 10.6 Å². The zero-order valence-electron chi connectivity index (χ0n) is 14.8. The van der Waals surface area contributed by atoms with Crippen LogP contribution in [-0.4, -0.2) is 26.2 Å². The van der Waals surface area contributed by atoms with E-state index >= 15 is 0 Å². The monoisotopic (exact) mass is 384 g/mol. The largest absolute Gasteiger partial charge is 0.350 e. The summed E-state index contributed by atoms with van der Waals surface area (Å²) in [6.07, 6.45) is 0. The molecule has 1 amide bonds. The van der Waals surface area contributed by atoms with Gasteiger partial charge in [-0.05, 0) is 35.7 Å². The summed E-state index contributed by atoms with van der Waals surface area (Å²) in [6, 6.07) is 12.0. The van der Waals surface area contributed by atoms with E-state index in [0.717, 1.165) is 18.7 Å². The van der Waals surface area contributed by atoms with Gasteiger partial charge in [-0.2, -0.15) is 0 Å². The molecule has 0 bridgehead atoms. The van der Waals surface area contributed by atoms with E-state index < -0.39 is 16.1 Å². The molecule has 0 spiro atoms. The van der Waals surface area contributed by atoms with Crippen molar-refractivity contribution < 1.29 is 13.2 Å². The maximum absolute atomic E-state index is 12.4. The Morgan fingerprint density at radius 1 is 1.19 bits per heavy atom. The van der Waals surface area contributed by atoms with Crippen molar-refractivity contribution in [3.63, 3.8) is 0 Å². The lowest BCUT2D eigenvalue weighted by atomic mass is 10.1. The predicted molar refractivity (Wildman–Crippen MR) is 102 cm³/mol. The zero-order valence-corrected chi connectivity index (χ0v) is 15.6. The summed E-state index contributed by atoms with van der Waals surface area (Å²) in [7, 11) is -3.61.